The Balaban J connectivity index is 1.42. The van der Waals surface area contributed by atoms with Crippen LogP contribution in [-0.4, -0.2) is 66.5 Å². The number of carbonyl (C=O) groups is 2. The lowest BCUT2D eigenvalue weighted by Crippen LogP contribution is -2.40. The van der Waals surface area contributed by atoms with E-state index in [1.54, 1.807) is 19.2 Å². The molecule has 1 aliphatic carbocycles. The molecule has 1 aliphatic heterocycles. The number of benzene rings is 2. The van der Waals surface area contributed by atoms with E-state index in [1.165, 1.54) is 4.90 Å². The number of aromatic nitrogens is 1. The van der Waals surface area contributed by atoms with Crippen LogP contribution in [0.25, 0.3) is 22.6 Å². The van der Waals surface area contributed by atoms with Crippen LogP contribution in [0.3, 0.4) is 0 Å². The van der Waals surface area contributed by atoms with E-state index >= 15 is 0 Å². The zero-order chi connectivity index (χ0) is 25.4. The summed E-state index contributed by atoms with van der Waals surface area (Å²) >= 11 is 0. The van der Waals surface area contributed by atoms with Crippen molar-refractivity contribution in [2.75, 3.05) is 25.2 Å². The van der Waals surface area contributed by atoms with Crippen molar-refractivity contribution >= 4 is 44.3 Å². The predicted molar refractivity (Wildman–Crippen MR) is 136 cm³/mol. The second-order valence-corrected chi connectivity index (χ2v) is 11.5. The number of phenolic OH excluding ortho intramolecular Hbond substituents is 1. The van der Waals surface area contributed by atoms with Crippen molar-refractivity contribution in [3.05, 3.63) is 70.9 Å². The summed E-state index contributed by atoms with van der Waals surface area (Å²) in [6.45, 7) is -0.465. The maximum Gasteiger partial charge on any atom is 0.339 e. The average Bonchev–Trinajstić information content (AvgIpc) is 3.43. The van der Waals surface area contributed by atoms with E-state index in [1.807, 2.05) is 42.5 Å². The minimum atomic E-state index is -3.14. The molecule has 0 unspecified atom stereocenters. The topological polar surface area (TPSA) is 114 Å². The highest BCUT2D eigenvalue weighted by Gasteiger charge is 2.33. The van der Waals surface area contributed by atoms with E-state index in [0.29, 0.717) is 35.7 Å². The maximum absolute atomic E-state index is 13.3. The third kappa shape index (κ3) is 4.70. The fraction of sp³-hybridized carbons (Fsp3) is 0.296. The van der Waals surface area contributed by atoms with Gasteiger partial charge in [-0.2, -0.15) is 0 Å². The standard InChI is InChI=1S/C27H26N2O6S/c1-29(19-12-13-36(33,34)16-19)24(31)15-35-27(32)25-21-4-2-3-5-23(21)28-26-18(8-11-22(25)26)14-17-6-9-20(30)10-7-17/h2-7,9-10,14,19,30H,8,11-13,15-16H2,1H3/b18-14-/t19-/m1/s1. The Bertz CT molecular complexity index is 1490. The molecule has 5 rings (SSSR count). The number of aromatic hydroxyl groups is 1. The maximum atomic E-state index is 13.3. The van der Waals surface area contributed by atoms with Gasteiger partial charge in [-0.05, 0) is 60.2 Å². The Hall–Kier alpha value is -3.72. The monoisotopic (exact) mass is 506 g/mol. The zero-order valence-electron chi connectivity index (χ0n) is 19.8. The highest BCUT2D eigenvalue weighted by Crippen LogP contribution is 2.38. The number of likely N-dealkylation sites (N-methyl/N-ethyl adjacent to an activating group) is 1. The normalized spacial score (nSPS) is 19.4. The van der Waals surface area contributed by atoms with E-state index in [4.69, 9.17) is 9.72 Å². The van der Waals surface area contributed by atoms with E-state index in [-0.39, 0.29) is 17.3 Å². The minimum absolute atomic E-state index is 0.0597. The van der Waals surface area contributed by atoms with Gasteiger partial charge in [0, 0.05) is 18.5 Å². The summed E-state index contributed by atoms with van der Waals surface area (Å²) in [5.74, 6) is -0.857. The predicted octanol–water partition coefficient (Wildman–Crippen LogP) is 3.23. The quantitative estimate of drug-likeness (QED) is 0.529. The number of hydrogen-bond donors (Lipinski definition) is 1. The molecule has 186 valence electrons. The molecule has 1 saturated heterocycles. The summed E-state index contributed by atoms with van der Waals surface area (Å²) in [6.07, 6.45) is 3.68. The molecular formula is C27H26N2O6S. The van der Waals surface area contributed by atoms with Gasteiger partial charge in [0.05, 0.1) is 28.3 Å². The van der Waals surface area contributed by atoms with Gasteiger partial charge >= 0.3 is 5.97 Å². The third-order valence-corrected chi connectivity index (χ3v) is 8.61. The summed E-state index contributed by atoms with van der Waals surface area (Å²) in [5.41, 5.74) is 4.47. The van der Waals surface area contributed by atoms with E-state index < -0.39 is 34.4 Å². The average molecular weight is 507 g/mol. The summed E-state index contributed by atoms with van der Waals surface area (Å²) in [4.78, 5) is 32.2. The number of phenols is 1. The molecule has 8 nitrogen and oxygen atoms in total. The number of sulfone groups is 1. The number of hydrogen-bond acceptors (Lipinski definition) is 7. The highest BCUT2D eigenvalue weighted by molar-refractivity contribution is 7.91. The number of fused-ring (bicyclic) bond motifs is 2. The number of para-hydroxylation sites is 1. The number of allylic oxidation sites excluding steroid dienone is 1. The van der Waals surface area contributed by atoms with Gasteiger partial charge in [-0.1, -0.05) is 30.3 Å². The first kappa shape index (κ1) is 24.0. The molecule has 0 bridgehead atoms. The number of nitrogens with zero attached hydrogens (tertiary/aromatic N) is 2. The summed E-state index contributed by atoms with van der Waals surface area (Å²) in [6, 6.07) is 13.8. The lowest BCUT2D eigenvalue weighted by molar-refractivity contribution is -0.134. The summed E-state index contributed by atoms with van der Waals surface area (Å²) < 4.78 is 29.0. The Labute approximate surface area is 209 Å². The molecule has 1 atom stereocenters. The van der Waals surface area contributed by atoms with Crippen molar-refractivity contribution in [1.82, 2.24) is 9.88 Å². The first-order valence-electron chi connectivity index (χ1n) is 11.8. The van der Waals surface area contributed by atoms with Crippen LogP contribution in [0.5, 0.6) is 5.75 Å². The molecule has 0 radical (unpaired) electrons. The fourth-order valence-electron chi connectivity index (χ4n) is 4.87. The van der Waals surface area contributed by atoms with Crippen LogP contribution in [0.1, 0.15) is 40.0 Å². The van der Waals surface area contributed by atoms with Crippen LogP contribution in [0.4, 0.5) is 0 Å². The molecule has 0 spiro atoms. The van der Waals surface area contributed by atoms with Gasteiger partial charge in [-0.3, -0.25) is 4.79 Å². The first-order chi connectivity index (χ1) is 17.2. The molecule has 36 heavy (non-hydrogen) atoms. The summed E-state index contributed by atoms with van der Waals surface area (Å²) in [7, 11) is -1.59. The molecule has 0 saturated carbocycles. The molecule has 1 N–H and O–H groups in total. The van der Waals surface area contributed by atoms with Crippen molar-refractivity contribution in [3.63, 3.8) is 0 Å². The van der Waals surface area contributed by atoms with E-state index in [9.17, 15) is 23.1 Å². The number of pyridine rings is 1. The molecule has 1 aromatic heterocycles. The van der Waals surface area contributed by atoms with E-state index in [0.717, 1.165) is 22.4 Å². The number of carbonyl (C=O) groups excluding carboxylic acids is 2. The Morgan fingerprint density at radius 3 is 2.61 bits per heavy atom. The number of esters is 1. The van der Waals surface area contributed by atoms with Crippen molar-refractivity contribution in [3.8, 4) is 5.75 Å². The zero-order valence-corrected chi connectivity index (χ0v) is 20.6. The van der Waals surface area contributed by atoms with Crippen LogP contribution >= 0.6 is 0 Å². The van der Waals surface area contributed by atoms with Crippen molar-refractivity contribution in [1.29, 1.82) is 0 Å². The highest BCUT2D eigenvalue weighted by atomic mass is 32.2. The second-order valence-electron chi connectivity index (χ2n) is 9.23. The first-order valence-corrected chi connectivity index (χ1v) is 13.6. The molecule has 9 heteroatoms. The van der Waals surface area contributed by atoms with Crippen LogP contribution in [-0.2, 0) is 25.8 Å². The molecule has 2 aliphatic rings. The number of ether oxygens (including phenoxy) is 1. The lowest BCUT2D eigenvalue weighted by Gasteiger charge is -2.23. The smallest absolute Gasteiger partial charge is 0.339 e. The summed E-state index contributed by atoms with van der Waals surface area (Å²) in [5, 5.41) is 10.2. The number of amides is 1. The lowest BCUT2D eigenvalue weighted by atomic mass is 10.0. The van der Waals surface area contributed by atoms with Crippen LogP contribution in [0.15, 0.2) is 48.5 Å². The number of rotatable bonds is 5. The molecular weight excluding hydrogens is 480 g/mol. The Morgan fingerprint density at radius 2 is 1.89 bits per heavy atom. The molecule has 1 amide bonds. The molecule has 3 aromatic rings. The van der Waals surface area contributed by atoms with Crippen LogP contribution in [0, 0.1) is 0 Å². The van der Waals surface area contributed by atoms with Crippen molar-refractivity contribution in [2.24, 2.45) is 0 Å². The Morgan fingerprint density at radius 1 is 1.14 bits per heavy atom. The molecule has 1 fully saturated rings. The second kappa shape index (κ2) is 9.39. The van der Waals surface area contributed by atoms with Crippen LogP contribution in [0.2, 0.25) is 0 Å². The van der Waals surface area contributed by atoms with Crippen molar-refractivity contribution < 1.29 is 27.9 Å². The third-order valence-electron chi connectivity index (χ3n) is 6.86. The van der Waals surface area contributed by atoms with Gasteiger partial charge in [0.15, 0.2) is 16.4 Å². The fourth-order valence-corrected chi connectivity index (χ4v) is 6.64. The minimum Gasteiger partial charge on any atom is -0.508 e. The van der Waals surface area contributed by atoms with Crippen LogP contribution < -0.4 is 0 Å². The van der Waals surface area contributed by atoms with Gasteiger partial charge in [0.1, 0.15) is 5.75 Å². The largest absolute Gasteiger partial charge is 0.508 e. The van der Waals surface area contributed by atoms with Gasteiger partial charge in [0.25, 0.3) is 5.91 Å². The van der Waals surface area contributed by atoms with Gasteiger partial charge in [-0.15, -0.1) is 0 Å². The van der Waals surface area contributed by atoms with Gasteiger partial charge in [0.2, 0.25) is 0 Å². The van der Waals surface area contributed by atoms with E-state index in [2.05, 4.69) is 0 Å². The van der Waals surface area contributed by atoms with Crippen molar-refractivity contribution in [2.45, 2.75) is 25.3 Å². The Kier molecular flexibility index (Phi) is 6.26. The van der Waals surface area contributed by atoms with Gasteiger partial charge < -0.3 is 14.7 Å². The molecule has 2 heterocycles. The molecule has 2 aromatic carbocycles. The van der Waals surface area contributed by atoms with Gasteiger partial charge in [-0.25, -0.2) is 18.2 Å². The SMILES string of the molecule is CN(C(=O)COC(=O)c1c2c(nc3ccccc13)/C(=C\c1ccc(O)cc1)CC2)[C@@H]1CCS(=O)(=O)C1.